The van der Waals surface area contributed by atoms with E-state index in [4.69, 9.17) is 9.47 Å². The van der Waals surface area contributed by atoms with E-state index in [-0.39, 0.29) is 0 Å². The fourth-order valence-corrected chi connectivity index (χ4v) is 2.95. The van der Waals surface area contributed by atoms with Crippen LogP contribution in [0.2, 0.25) is 0 Å². The SMILES string of the molecule is Brc1cccc(Sc2ccc3c(c2)OCCO3)n1. The molecule has 0 saturated carbocycles. The Bertz CT molecular complexity index is 577. The lowest BCUT2D eigenvalue weighted by molar-refractivity contribution is 0.171. The fourth-order valence-electron chi connectivity index (χ4n) is 1.65. The van der Waals surface area contributed by atoms with Crippen molar-refractivity contribution in [2.45, 2.75) is 9.92 Å². The van der Waals surface area contributed by atoms with Gasteiger partial charge in [-0.15, -0.1) is 0 Å². The summed E-state index contributed by atoms with van der Waals surface area (Å²) in [6, 6.07) is 11.8. The molecule has 92 valence electrons. The van der Waals surface area contributed by atoms with Crippen molar-refractivity contribution in [2.24, 2.45) is 0 Å². The van der Waals surface area contributed by atoms with Gasteiger partial charge in [0.05, 0.1) is 0 Å². The highest BCUT2D eigenvalue weighted by atomic mass is 79.9. The molecule has 0 amide bonds. The maximum atomic E-state index is 5.56. The molecule has 0 radical (unpaired) electrons. The van der Waals surface area contributed by atoms with Crippen molar-refractivity contribution in [1.29, 1.82) is 0 Å². The van der Waals surface area contributed by atoms with Gasteiger partial charge in [-0.2, -0.15) is 0 Å². The Morgan fingerprint density at radius 3 is 2.72 bits per heavy atom. The first-order chi connectivity index (χ1) is 8.81. The van der Waals surface area contributed by atoms with E-state index in [9.17, 15) is 0 Å². The van der Waals surface area contributed by atoms with Gasteiger partial charge in [0.15, 0.2) is 11.5 Å². The van der Waals surface area contributed by atoms with Gasteiger partial charge in [-0.3, -0.25) is 0 Å². The predicted molar refractivity (Wildman–Crippen MR) is 73.5 cm³/mol. The van der Waals surface area contributed by atoms with E-state index in [1.54, 1.807) is 11.8 Å². The average Bonchev–Trinajstić information content (AvgIpc) is 2.39. The standard InChI is InChI=1S/C13H10BrNO2S/c14-12-2-1-3-13(15-12)18-9-4-5-10-11(8-9)17-7-6-16-10/h1-5,8H,6-7H2. The van der Waals surface area contributed by atoms with E-state index < -0.39 is 0 Å². The molecule has 3 nitrogen and oxygen atoms in total. The van der Waals surface area contributed by atoms with Crippen LogP contribution in [-0.4, -0.2) is 18.2 Å². The van der Waals surface area contributed by atoms with Crippen molar-refractivity contribution in [3.05, 3.63) is 41.0 Å². The molecule has 2 heterocycles. The average molecular weight is 324 g/mol. The summed E-state index contributed by atoms with van der Waals surface area (Å²) < 4.78 is 11.9. The normalized spacial score (nSPS) is 13.4. The summed E-state index contributed by atoms with van der Waals surface area (Å²) in [7, 11) is 0. The van der Waals surface area contributed by atoms with Crippen LogP contribution in [0.1, 0.15) is 0 Å². The largest absolute Gasteiger partial charge is 0.486 e. The number of benzene rings is 1. The Morgan fingerprint density at radius 2 is 1.89 bits per heavy atom. The van der Waals surface area contributed by atoms with E-state index in [0.717, 1.165) is 26.0 Å². The summed E-state index contributed by atoms with van der Waals surface area (Å²) >= 11 is 4.96. The zero-order valence-electron chi connectivity index (χ0n) is 9.43. The molecule has 18 heavy (non-hydrogen) atoms. The smallest absolute Gasteiger partial charge is 0.162 e. The monoisotopic (exact) mass is 323 g/mol. The number of halogens is 1. The van der Waals surface area contributed by atoms with Gasteiger partial charge >= 0.3 is 0 Å². The third-order valence-electron chi connectivity index (χ3n) is 2.43. The van der Waals surface area contributed by atoms with Crippen molar-refractivity contribution < 1.29 is 9.47 Å². The minimum absolute atomic E-state index is 0.607. The number of hydrogen-bond donors (Lipinski definition) is 0. The molecule has 0 aliphatic carbocycles. The second-order valence-electron chi connectivity index (χ2n) is 3.71. The molecule has 0 saturated heterocycles. The van der Waals surface area contributed by atoms with Gasteiger partial charge in [0, 0.05) is 4.90 Å². The van der Waals surface area contributed by atoms with Gasteiger partial charge in [0.1, 0.15) is 22.8 Å². The van der Waals surface area contributed by atoms with Crippen LogP contribution in [0.25, 0.3) is 0 Å². The first-order valence-electron chi connectivity index (χ1n) is 5.51. The highest BCUT2D eigenvalue weighted by molar-refractivity contribution is 9.10. The van der Waals surface area contributed by atoms with Crippen LogP contribution in [0.15, 0.2) is 50.9 Å². The molecular weight excluding hydrogens is 314 g/mol. The summed E-state index contributed by atoms with van der Waals surface area (Å²) in [6.45, 7) is 1.23. The number of ether oxygens (including phenoxy) is 2. The third-order valence-corrected chi connectivity index (χ3v) is 3.79. The van der Waals surface area contributed by atoms with E-state index >= 15 is 0 Å². The van der Waals surface area contributed by atoms with Gasteiger partial charge in [-0.25, -0.2) is 4.98 Å². The van der Waals surface area contributed by atoms with Gasteiger partial charge in [-0.05, 0) is 46.3 Å². The zero-order chi connectivity index (χ0) is 12.4. The first-order valence-corrected chi connectivity index (χ1v) is 7.12. The Morgan fingerprint density at radius 1 is 1.06 bits per heavy atom. The molecule has 0 spiro atoms. The van der Waals surface area contributed by atoms with Crippen LogP contribution in [0.4, 0.5) is 0 Å². The summed E-state index contributed by atoms with van der Waals surface area (Å²) in [4.78, 5) is 5.48. The Labute approximate surface area is 118 Å². The lowest BCUT2D eigenvalue weighted by atomic mass is 10.3. The Kier molecular flexibility index (Phi) is 3.43. The predicted octanol–water partition coefficient (Wildman–Crippen LogP) is 3.77. The van der Waals surface area contributed by atoms with Gasteiger partial charge in [0.25, 0.3) is 0 Å². The summed E-state index contributed by atoms with van der Waals surface area (Å²) in [5.41, 5.74) is 0. The van der Waals surface area contributed by atoms with Crippen molar-refractivity contribution in [3.8, 4) is 11.5 Å². The number of aromatic nitrogens is 1. The quantitative estimate of drug-likeness (QED) is 0.787. The van der Waals surface area contributed by atoms with Crippen LogP contribution in [-0.2, 0) is 0 Å². The first kappa shape index (κ1) is 11.9. The second kappa shape index (κ2) is 5.20. The lowest BCUT2D eigenvalue weighted by Crippen LogP contribution is -2.15. The molecule has 1 aliphatic rings. The molecule has 1 aliphatic heterocycles. The minimum atomic E-state index is 0.607. The highest BCUT2D eigenvalue weighted by Gasteiger charge is 2.12. The van der Waals surface area contributed by atoms with Crippen molar-refractivity contribution in [1.82, 2.24) is 4.98 Å². The minimum Gasteiger partial charge on any atom is -0.486 e. The topological polar surface area (TPSA) is 31.4 Å². The van der Waals surface area contributed by atoms with Crippen LogP contribution >= 0.6 is 27.7 Å². The number of pyridine rings is 1. The van der Waals surface area contributed by atoms with E-state index in [2.05, 4.69) is 20.9 Å². The summed E-state index contributed by atoms with van der Waals surface area (Å²) in [6.07, 6.45) is 0. The van der Waals surface area contributed by atoms with Crippen molar-refractivity contribution in [2.75, 3.05) is 13.2 Å². The molecule has 3 rings (SSSR count). The number of fused-ring (bicyclic) bond motifs is 1. The Hall–Kier alpha value is -1.20. The number of nitrogens with zero attached hydrogens (tertiary/aromatic N) is 1. The maximum Gasteiger partial charge on any atom is 0.162 e. The van der Waals surface area contributed by atoms with E-state index in [0.29, 0.717) is 13.2 Å². The highest BCUT2D eigenvalue weighted by Crippen LogP contribution is 2.36. The third kappa shape index (κ3) is 2.62. The van der Waals surface area contributed by atoms with E-state index in [1.165, 1.54) is 0 Å². The molecule has 2 aromatic rings. The molecule has 1 aromatic heterocycles. The van der Waals surface area contributed by atoms with Gasteiger partial charge < -0.3 is 9.47 Å². The lowest BCUT2D eigenvalue weighted by Gasteiger charge is -2.18. The van der Waals surface area contributed by atoms with Gasteiger partial charge in [0.2, 0.25) is 0 Å². The zero-order valence-corrected chi connectivity index (χ0v) is 11.8. The van der Waals surface area contributed by atoms with E-state index in [1.807, 2.05) is 36.4 Å². The van der Waals surface area contributed by atoms with Crippen molar-refractivity contribution >= 4 is 27.7 Å². The summed E-state index contributed by atoms with van der Waals surface area (Å²) in [5.74, 6) is 1.62. The molecule has 5 heteroatoms. The maximum absolute atomic E-state index is 5.56. The van der Waals surface area contributed by atoms with Crippen LogP contribution in [0.5, 0.6) is 11.5 Å². The molecule has 0 atom stereocenters. The van der Waals surface area contributed by atoms with Crippen LogP contribution in [0.3, 0.4) is 0 Å². The van der Waals surface area contributed by atoms with Gasteiger partial charge in [-0.1, -0.05) is 17.8 Å². The Balaban J connectivity index is 1.85. The van der Waals surface area contributed by atoms with Crippen LogP contribution < -0.4 is 9.47 Å². The molecule has 0 bridgehead atoms. The second-order valence-corrected chi connectivity index (χ2v) is 5.61. The number of hydrogen-bond acceptors (Lipinski definition) is 4. The fraction of sp³-hybridized carbons (Fsp3) is 0.154. The molecule has 0 unspecified atom stereocenters. The summed E-state index contributed by atoms with van der Waals surface area (Å²) in [5, 5.41) is 0.945. The molecular formula is C13H10BrNO2S. The van der Waals surface area contributed by atoms with Crippen LogP contribution in [0, 0.1) is 0 Å². The molecule has 0 fully saturated rings. The molecule has 0 N–H and O–H groups in total. The molecule has 1 aromatic carbocycles. The number of rotatable bonds is 2. The van der Waals surface area contributed by atoms with Crippen molar-refractivity contribution in [3.63, 3.8) is 0 Å².